The first-order valence-electron chi connectivity index (χ1n) is 8.08. The van der Waals surface area contributed by atoms with Gasteiger partial charge in [-0.2, -0.15) is 0 Å². The van der Waals surface area contributed by atoms with Crippen molar-refractivity contribution in [2.75, 3.05) is 7.11 Å². The van der Waals surface area contributed by atoms with Crippen LogP contribution in [0.15, 0.2) is 0 Å². The maximum Gasteiger partial charge on any atom is 0.413 e. The Morgan fingerprint density at radius 2 is 1.78 bits per heavy atom. The van der Waals surface area contributed by atoms with Crippen LogP contribution in [0.5, 0.6) is 0 Å². The molecule has 4 aliphatic carbocycles. The zero-order chi connectivity index (χ0) is 16.8. The lowest BCUT2D eigenvalue weighted by Gasteiger charge is -2.58. The lowest BCUT2D eigenvalue weighted by Crippen LogP contribution is -2.59. The van der Waals surface area contributed by atoms with Gasteiger partial charge in [0.1, 0.15) is 0 Å². The van der Waals surface area contributed by atoms with Crippen molar-refractivity contribution >= 4 is 18.0 Å². The molecule has 0 radical (unpaired) electrons. The van der Waals surface area contributed by atoms with E-state index in [-0.39, 0.29) is 0 Å². The first-order chi connectivity index (χ1) is 10.8. The average Bonchev–Trinajstić information content (AvgIpc) is 2.44. The minimum atomic E-state index is -1.08. The Bertz CT molecular complexity index is 531. The van der Waals surface area contributed by atoms with Gasteiger partial charge in [0, 0.05) is 0 Å². The highest BCUT2D eigenvalue weighted by Crippen LogP contribution is 2.62. The Morgan fingerprint density at radius 1 is 1.17 bits per heavy atom. The van der Waals surface area contributed by atoms with Gasteiger partial charge in [-0.05, 0) is 57.3 Å². The maximum atomic E-state index is 12.7. The fourth-order valence-electron chi connectivity index (χ4n) is 5.05. The Balaban J connectivity index is 1.66. The summed E-state index contributed by atoms with van der Waals surface area (Å²) in [5.41, 5.74) is -1.45. The SMILES string of the molecule is COC(=O)NC(=O)[C@@H](C)OC(=O)C12C[C@@H]3C[C@@H](CC(O)(C3)C1)C2. The van der Waals surface area contributed by atoms with Gasteiger partial charge in [-0.1, -0.05) is 0 Å². The van der Waals surface area contributed by atoms with Crippen LogP contribution in [0.2, 0.25) is 0 Å². The van der Waals surface area contributed by atoms with Crippen LogP contribution >= 0.6 is 0 Å². The molecule has 4 fully saturated rings. The van der Waals surface area contributed by atoms with E-state index in [0.717, 1.165) is 39.2 Å². The van der Waals surface area contributed by atoms with Crippen molar-refractivity contribution < 1.29 is 29.0 Å². The Morgan fingerprint density at radius 3 is 2.30 bits per heavy atom. The Kier molecular flexibility index (Phi) is 3.86. The number of alkyl carbamates (subject to hydrolysis) is 1. The second-order valence-corrected chi connectivity index (χ2v) is 7.49. The first-order valence-corrected chi connectivity index (χ1v) is 8.08. The summed E-state index contributed by atoms with van der Waals surface area (Å²) in [7, 11) is 1.15. The number of carbonyl (C=O) groups excluding carboxylic acids is 3. The summed E-state index contributed by atoms with van der Waals surface area (Å²) < 4.78 is 9.66. The molecule has 23 heavy (non-hydrogen) atoms. The van der Waals surface area contributed by atoms with Crippen LogP contribution in [0.3, 0.4) is 0 Å². The molecule has 5 atom stereocenters. The highest BCUT2D eigenvalue weighted by Gasteiger charge is 2.61. The second kappa shape index (κ2) is 5.47. The molecule has 2 N–H and O–H groups in total. The third-order valence-electron chi connectivity index (χ3n) is 5.53. The van der Waals surface area contributed by atoms with Gasteiger partial charge in [0.2, 0.25) is 0 Å². The lowest BCUT2D eigenvalue weighted by molar-refractivity contribution is -0.199. The highest BCUT2D eigenvalue weighted by atomic mass is 16.6. The van der Waals surface area contributed by atoms with E-state index in [1.165, 1.54) is 6.92 Å². The van der Waals surface area contributed by atoms with E-state index in [1.54, 1.807) is 0 Å². The van der Waals surface area contributed by atoms with Crippen molar-refractivity contribution in [3.63, 3.8) is 0 Å². The minimum absolute atomic E-state index is 0.355. The van der Waals surface area contributed by atoms with Crippen molar-refractivity contribution in [1.82, 2.24) is 5.32 Å². The maximum absolute atomic E-state index is 12.7. The van der Waals surface area contributed by atoms with Gasteiger partial charge < -0.3 is 14.6 Å². The van der Waals surface area contributed by atoms with Crippen molar-refractivity contribution in [2.24, 2.45) is 17.3 Å². The van der Waals surface area contributed by atoms with Gasteiger partial charge in [-0.25, -0.2) is 4.79 Å². The first kappa shape index (κ1) is 16.2. The number of hydrogen-bond donors (Lipinski definition) is 2. The molecular formula is C16H23NO6. The van der Waals surface area contributed by atoms with Gasteiger partial charge in [-0.15, -0.1) is 0 Å². The fourth-order valence-corrected chi connectivity index (χ4v) is 5.05. The van der Waals surface area contributed by atoms with Gasteiger partial charge in [0.05, 0.1) is 18.1 Å². The van der Waals surface area contributed by atoms with Crippen LogP contribution in [0.4, 0.5) is 4.79 Å². The van der Waals surface area contributed by atoms with E-state index in [4.69, 9.17) is 4.74 Å². The zero-order valence-corrected chi connectivity index (χ0v) is 13.5. The largest absolute Gasteiger partial charge is 0.453 e. The molecule has 4 aliphatic rings. The normalized spacial score (nSPS) is 38.7. The van der Waals surface area contributed by atoms with Gasteiger partial charge in [0.15, 0.2) is 6.10 Å². The molecule has 4 saturated carbocycles. The van der Waals surface area contributed by atoms with Gasteiger partial charge in [0.25, 0.3) is 5.91 Å². The predicted molar refractivity (Wildman–Crippen MR) is 78.2 cm³/mol. The van der Waals surface area contributed by atoms with Crippen LogP contribution in [0.1, 0.15) is 45.4 Å². The molecule has 0 aromatic heterocycles. The van der Waals surface area contributed by atoms with E-state index < -0.39 is 35.1 Å². The molecule has 0 aliphatic heterocycles. The number of rotatable bonds is 3. The molecule has 2 unspecified atom stereocenters. The van der Waals surface area contributed by atoms with E-state index in [0.29, 0.717) is 18.3 Å². The van der Waals surface area contributed by atoms with Crippen molar-refractivity contribution in [2.45, 2.75) is 57.2 Å². The molecule has 0 aromatic carbocycles. The van der Waals surface area contributed by atoms with Gasteiger partial charge in [-0.3, -0.25) is 14.9 Å². The number of methoxy groups -OCH3 is 1. The minimum Gasteiger partial charge on any atom is -0.453 e. The van der Waals surface area contributed by atoms with Crippen LogP contribution in [-0.2, 0) is 19.1 Å². The smallest absolute Gasteiger partial charge is 0.413 e. The summed E-state index contributed by atoms with van der Waals surface area (Å²) in [5, 5.41) is 12.7. The fraction of sp³-hybridized carbons (Fsp3) is 0.812. The molecule has 7 nitrogen and oxygen atoms in total. The topological polar surface area (TPSA) is 102 Å². The molecule has 2 amide bonds. The van der Waals surface area contributed by atoms with Crippen LogP contribution in [0.25, 0.3) is 0 Å². The van der Waals surface area contributed by atoms with E-state index in [2.05, 4.69) is 4.74 Å². The number of esters is 1. The number of carbonyl (C=O) groups is 3. The molecule has 4 bridgehead atoms. The third kappa shape index (κ3) is 2.94. The number of imide groups is 1. The number of aliphatic hydroxyl groups is 1. The monoisotopic (exact) mass is 325 g/mol. The molecular weight excluding hydrogens is 302 g/mol. The highest BCUT2D eigenvalue weighted by molar-refractivity contribution is 5.95. The van der Waals surface area contributed by atoms with Crippen molar-refractivity contribution in [3.8, 4) is 0 Å². The summed E-state index contributed by atoms with van der Waals surface area (Å²) >= 11 is 0. The molecule has 7 heteroatoms. The van der Waals surface area contributed by atoms with Crippen LogP contribution in [-0.4, -0.2) is 41.9 Å². The molecule has 128 valence electrons. The summed E-state index contributed by atoms with van der Waals surface area (Å²) in [6.45, 7) is 1.42. The van der Waals surface area contributed by atoms with E-state index in [9.17, 15) is 19.5 Å². The molecule has 0 heterocycles. The summed E-state index contributed by atoms with van der Waals surface area (Å²) in [6.07, 6.45) is 2.47. The molecule has 4 rings (SSSR count). The lowest BCUT2D eigenvalue weighted by atomic mass is 9.48. The van der Waals surface area contributed by atoms with Crippen molar-refractivity contribution in [3.05, 3.63) is 0 Å². The third-order valence-corrected chi connectivity index (χ3v) is 5.53. The van der Waals surface area contributed by atoms with Crippen molar-refractivity contribution in [1.29, 1.82) is 0 Å². The number of nitrogens with one attached hydrogen (secondary N) is 1. The van der Waals surface area contributed by atoms with E-state index >= 15 is 0 Å². The van der Waals surface area contributed by atoms with Crippen LogP contribution in [0, 0.1) is 17.3 Å². The standard InChI is InChI=1S/C16H23NO6/c1-9(12(18)17-14(20)22-2)23-13(19)15-4-10-3-11(5-15)7-16(21,6-10)8-15/h9-11,21H,3-8H2,1-2H3,(H,17,18,20)/t9-,10-,11+,15?,16?/m1/s1. The number of ether oxygens (including phenoxy) is 2. The molecule has 0 aromatic rings. The van der Waals surface area contributed by atoms with Gasteiger partial charge >= 0.3 is 12.1 Å². The Hall–Kier alpha value is -1.63. The molecule has 0 saturated heterocycles. The summed E-state index contributed by atoms with van der Waals surface area (Å²) in [5.74, 6) is -0.438. The van der Waals surface area contributed by atoms with Crippen LogP contribution < -0.4 is 5.32 Å². The summed E-state index contributed by atoms with van der Waals surface area (Å²) in [4.78, 5) is 35.5. The predicted octanol–water partition coefficient (Wildman–Crippen LogP) is 1.13. The quantitative estimate of drug-likeness (QED) is 0.754. The number of amides is 2. The second-order valence-electron chi connectivity index (χ2n) is 7.49. The average molecular weight is 325 g/mol. The molecule has 0 spiro atoms. The Labute approximate surface area is 134 Å². The number of hydrogen-bond acceptors (Lipinski definition) is 6. The summed E-state index contributed by atoms with van der Waals surface area (Å²) in [6, 6.07) is 0. The van der Waals surface area contributed by atoms with E-state index in [1.807, 2.05) is 5.32 Å². The zero-order valence-electron chi connectivity index (χ0n) is 13.5.